The monoisotopic (exact) mass is 360 g/mol. The van der Waals surface area contributed by atoms with Gasteiger partial charge in [0.05, 0.1) is 12.3 Å². The van der Waals surface area contributed by atoms with Crippen molar-refractivity contribution in [2.45, 2.75) is 45.2 Å². The first-order valence-corrected chi connectivity index (χ1v) is 8.90. The summed E-state index contributed by atoms with van der Waals surface area (Å²) in [4.78, 5) is 26.5. The van der Waals surface area contributed by atoms with Crippen LogP contribution in [0.1, 0.15) is 42.5 Å². The van der Waals surface area contributed by atoms with Crippen molar-refractivity contribution >= 4 is 17.6 Å². The summed E-state index contributed by atoms with van der Waals surface area (Å²) < 4.78 is 10.1. The Balaban J connectivity index is 1.49. The molecule has 0 aliphatic carbocycles. The van der Waals surface area contributed by atoms with Crippen LogP contribution in [0.4, 0.5) is 5.82 Å². The lowest BCUT2D eigenvalue weighted by Crippen LogP contribution is -2.50. The lowest BCUT2D eigenvalue weighted by Gasteiger charge is -2.33. The molecule has 0 saturated carbocycles. The maximum Gasteiger partial charge on any atom is 0.289 e. The third-order valence-electron chi connectivity index (χ3n) is 4.55. The number of piperidine rings is 1. The van der Waals surface area contributed by atoms with E-state index < -0.39 is 0 Å². The van der Waals surface area contributed by atoms with Gasteiger partial charge in [-0.2, -0.15) is 0 Å². The van der Waals surface area contributed by atoms with Crippen LogP contribution in [0.15, 0.2) is 33.4 Å². The molecule has 0 aromatic carbocycles. The Morgan fingerprint density at radius 3 is 2.73 bits per heavy atom. The summed E-state index contributed by atoms with van der Waals surface area (Å²) in [6.45, 7) is 5.01. The molecule has 1 fully saturated rings. The maximum atomic E-state index is 12.4. The molecule has 26 heavy (non-hydrogen) atoms. The highest BCUT2D eigenvalue weighted by Gasteiger charge is 2.28. The smallest absolute Gasteiger partial charge is 0.289 e. The van der Waals surface area contributed by atoms with E-state index in [0.717, 1.165) is 12.8 Å². The Morgan fingerprint density at radius 1 is 1.38 bits per heavy atom. The van der Waals surface area contributed by atoms with E-state index in [2.05, 4.69) is 15.8 Å². The molecule has 1 aliphatic rings. The minimum atomic E-state index is -0.315. The summed E-state index contributed by atoms with van der Waals surface area (Å²) in [6, 6.07) is 4.94. The minimum absolute atomic E-state index is 0.0837. The van der Waals surface area contributed by atoms with E-state index in [0.29, 0.717) is 36.8 Å². The van der Waals surface area contributed by atoms with Crippen LogP contribution in [0.25, 0.3) is 0 Å². The van der Waals surface area contributed by atoms with Crippen molar-refractivity contribution < 1.29 is 18.5 Å². The van der Waals surface area contributed by atoms with E-state index >= 15 is 0 Å². The predicted molar refractivity (Wildman–Crippen MR) is 94.7 cm³/mol. The third kappa shape index (κ3) is 4.32. The number of carbonyl (C=O) groups is 2. The van der Waals surface area contributed by atoms with Crippen LogP contribution in [0.5, 0.6) is 0 Å². The average molecular weight is 360 g/mol. The van der Waals surface area contributed by atoms with Crippen molar-refractivity contribution in [1.82, 2.24) is 15.4 Å². The van der Waals surface area contributed by atoms with E-state index in [9.17, 15) is 9.59 Å². The number of nitrogens with zero attached hydrogens (tertiary/aromatic N) is 2. The Labute approximate surface area is 151 Å². The van der Waals surface area contributed by atoms with Gasteiger partial charge in [0.1, 0.15) is 5.76 Å². The van der Waals surface area contributed by atoms with Crippen LogP contribution >= 0.6 is 0 Å². The van der Waals surface area contributed by atoms with Gasteiger partial charge in [0, 0.05) is 25.2 Å². The van der Waals surface area contributed by atoms with Crippen molar-refractivity contribution in [1.29, 1.82) is 0 Å². The summed E-state index contributed by atoms with van der Waals surface area (Å²) in [5.74, 6) is 1.22. The summed E-state index contributed by atoms with van der Waals surface area (Å²) in [6.07, 6.45) is 3.75. The van der Waals surface area contributed by atoms with E-state index in [1.54, 1.807) is 30.0 Å². The first-order valence-electron chi connectivity index (χ1n) is 8.90. The van der Waals surface area contributed by atoms with Gasteiger partial charge in [0.15, 0.2) is 11.6 Å². The highest BCUT2D eigenvalue weighted by molar-refractivity contribution is 5.94. The molecule has 1 atom stereocenters. The number of aromatic nitrogens is 1. The van der Waals surface area contributed by atoms with Gasteiger partial charge in [-0.05, 0) is 38.3 Å². The normalized spacial score (nSPS) is 16.5. The van der Waals surface area contributed by atoms with Crippen molar-refractivity contribution in [3.8, 4) is 0 Å². The molecule has 1 aliphatic heterocycles. The Kier molecular flexibility index (Phi) is 5.72. The zero-order valence-corrected chi connectivity index (χ0v) is 15.0. The molecule has 8 heteroatoms. The van der Waals surface area contributed by atoms with Gasteiger partial charge >= 0.3 is 0 Å². The maximum absolute atomic E-state index is 12.4. The Bertz CT molecular complexity index is 732. The molecule has 2 aromatic rings. The molecule has 2 amide bonds. The number of rotatable bonds is 6. The van der Waals surface area contributed by atoms with Crippen LogP contribution in [0.2, 0.25) is 0 Å². The number of aryl methyl sites for hydroxylation is 1. The highest BCUT2D eigenvalue weighted by atomic mass is 16.5. The molecule has 140 valence electrons. The minimum Gasteiger partial charge on any atom is -0.459 e. The molecule has 2 aromatic heterocycles. The number of hydrogen-bond donors (Lipinski definition) is 2. The van der Waals surface area contributed by atoms with E-state index in [4.69, 9.17) is 8.94 Å². The Morgan fingerprint density at radius 2 is 2.15 bits per heavy atom. The summed E-state index contributed by atoms with van der Waals surface area (Å²) in [5.41, 5.74) is 0. The van der Waals surface area contributed by atoms with Gasteiger partial charge in [-0.3, -0.25) is 9.59 Å². The van der Waals surface area contributed by atoms with Gasteiger partial charge in [-0.15, -0.1) is 0 Å². The van der Waals surface area contributed by atoms with Crippen molar-refractivity contribution in [2.75, 3.05) is 18.4 Å². The second kappa shape index (κ2) is 8.18. The standard InChI is InChI=1S/C18H24N4O4/c1-3-14(17(23)20-16-11-12(2)26-21-16)19-13-6-8-22(9-7-13)18(24)15-5-4-10-25-15/h4-5,10-11,13-14,19H,3,6-9H2,1-2H3,(H,20,21,23). The van der Waals surface area contributed by atoms with Gasteiger partial charge in [-0.25, -0.2) is 0 Å². The number of anilines is 1. The van der Waals surface area contributed by atoms with Gasteiger partial charge in [-0.1, -0.05) is 12.1 Å². The number of hydrogen-bond acceptors (Lipinski definition) is 6. The van der Waals surface area contributed by atoms with E-state index in [1.165, 1.54) is 6.26 Å². The zero-order chi connectivity index (χ0) is 18.5. The number of nitrogens with one attached hydrogen (secondary N) is 2. The molecule has 2 N–H and O–H groups in total. The lowest BCUT2D eigenvalue weighted by atomic mass is 10.0. The van der Waals surface area contributed by atoms with Crippen molar-refractivity contribution in [2.24, 2.45) is 0 Å². The number of amides is 2. The molecule has 1 unspecified atom stereocenters. The van der Waals surface area contributed by atoms with Crippen molar-refractivity contribution in [3.05, 3.63) is 36.0 Å². The van der Waals surface area contributed by atoms with Crippen LogP contribution < -0.4 is 10.6 Å². The summed E-state index contributed by atoms with van der Waals surface area (Å²) in [7, 11) is 0. The fraction of sp³-hybridized carbons (Fsp3) is 0.500. The number of furan rings is 1. The molecular weight excluding hydrogens is 336 g/mol. The second-order valence-corrected chi connectivity index (χ2v) is 6.48. The van der Waals surface area contributed by atoms with Gasteiger partial charge in [0.25, 0.3) is 5.91 Å². The molecule has 0 bridgehead atoms. The van der Waals surface area contributed by atoms with E-state index in [-0.39, 0.29) is 23.9 Å². The third-order valence-corrected chi connectivity index (χ3v) is 4.55. The largest absolute Gasteiger partial charge is 0.459 e. The molecule has 0 spiro atoms. The van der Waals surface area contributed by atoms with Crippen molar-refractivity contribution in [3.63, 3.8) is 0 Å². The summed E-state index contributed by atoms with van der Waals surface area (Å²) >= 11 is 0. The fourth-order valence-electron chi connectivity index (χ4n) is 3.11. The molecule has 3 heterocycles. The summed E-state index contributed by atoms with van der Waals surface area (Å²) in [5, 5.41) is 9.95. The van der Waals surface area contributed by atoms with E-state index in [1.807, 2.05) is 6.92 Å². The molecule has 8 nitrogen and oxygen atoms in total. The quantitative estimate of drug-likeness (QED) is 0.819. The molecule has 0 radical (unpaired) electrons. The van der Waals surface area contributed by atoms with Gasteiger partial charge < -0.3 is 24.5 Å². The fourth-order valence-corrected chi connectivity index (χ4v) is 3.11. The van der Waals surface area contributed by atoms with Crippen LogP contribution in [0, 0.1) is 6.92 Å². The number of likely N-dealkylation sites (tertiary alicyclic amines) is 1. The van der Waals surface area contributed by atoms with Crippen LogP contribution in [0.3, 0.4) is 0 Å². The Hall–Kier alpha value is -2.61. The first kappa shape index (κ1) is 18.2. The van der Waals surface area contributed by atoms with Crippen LogP contribution in [-0.4, -0.2) is 47.0 Å². The van der Waals surface area contributed by atoms with Crippen LogP contribution in [-0.2, 0) is 4.79 Å². The average Bonchev–Trinajstić information content (AvgIpc) is 3.31. The molecule has 3 rings (SSSR count). The zero-order valence-electron chi connectivity index (χ0n) is 15.0. The van der Waals surface area contributed by atoms with Gasteiger partial charge in [0.2, 0.25) is 5.91 Å². The molecule has 1 saturated heterocycles. The first-order chi connectivity index (χ1) is 12.6. The molecular formula is C18H24N4O4. The predicted octanol–water partition coefficient (Wildman–Crippen LogP) is 2.19. The SMILES string of the molecule is CCC(NC1CCN(C(=O)c2ccco2)CC1)C(=O)Nc1cc(C)on1. The topological polar surface area (TPSA) is 101 Å². The highest BCUT2D eigenvalue weighted by Crippen LogP contribution is 2.16. The number of carbonyl (C=O) groups excluding carboxylic acids is 2. The lowest BCUT2D eigenvalue weighted by molar-refractivity contribution is -0.118. The second-order valence-electron chi connectivity index (χ2n) is 6.48.